The van der Waals surface area contributed by atoms with E-state index in [1.807, 2.05) is 70.2 Å². The van der Waals surface area contributed by atoms with Crippen molar-refractivity contribution in [2.45, 2.75) is 70.5 Å². The molecular weight excluding hydrogens is 510 g/mol. The summed E-state index contributed by atoms with van der Waals surface area (Å²) < 4.78 is 29.1. The monoisotopic (exact) mass is 549 g/mol. The summed E-state index contributed by atoms with van der Waals surface area (Å²) >= 11 is 0. The molecule has 0 aromatic heterocycles. The predicted molar refractivity (Wildman–Crippen MR) is 156 cm³/mol. The van der Waals surface area contributed by atoms with Crippen LogP contribution in [0, 0.1) is 0 Å². The molecule has 0 aliphatic heterocycles. The highest BCUT2D eigenvalue weighted by Crippen LogP contribution is 2.28. The first-order chi connectivity index (χ1) is 18.7. The summed E-state index contributed by atoms with van der Waals surface area (Å²) in [5.41, 5.74) is 2.11. The van der Waals surface area contributed by atoms with Gasteiger partial charge in [0.1, 0.15) is 12.6 Å². The summed E-state index contributed by atoms with van der Waals surface area (Å²) in [4.78, 5) is 29.0. The zero-order chi connectivity index (χ0) is 28.4. The predicted octanol–water partition coefficient (Wildman–Crippen LogP) is 5.17. The molecule has 8 heteroatoms. The lowest BCUT2D eigenvalue weighted by atomic mass is 10.1. The highest BCUT2D eigenvalue weighted by molar-refractivity contribution is 7.92. The zero-order valence-electron chi connectivity index (χ0n) is 23.2. The summed E-state index contributed by atoms with van der Waals surface area (Å²) in [5.74, 6) is -0.696. The Kier molecular flexibility index (Phi) is 10.7. The Labute approximate surface area is 232 Å². The second-order valence-electron chi connectivity index (χ2n) is 9.56. The average Bonchev–Trinajstić information content (AvgIpc) is 2.96. The summed E-state index contributed by atoms with van der Waals surface area (Å²) in [5, 5.41) is 3.00. The number of anilines is 1. The van der Waals surface area contributed by atoms with Crippen LogP contribution in [-0.4, -0.2) is 43.8 Å². The third kappa shape index (κ3) is 7.47. The second-order valence-corrected chi connectivity index (χ2v) is 11.4. The number of carbonyl (C=O) groups is 2. The van der Waals surface area contributed by atoms with Gasteiger partial charge in [0.2, 0.25) is 11.8 Å². The maximum absolute atomic E-state index is 14.1. The van der Waals surface area contributed by atoms with Gasteiger partial charge in [0.25, 0.3) is 10.0 Å². The first-order valence-corrected chi connectivity index (χ1v) is 15.0. The van der Waals surface area contributed by atoms with Crippen molar-refractivity contribution in [3.8, 4) is 0 Å². The van der Waals surface area contributed by atoms with E-state index in [1.165, 1.54) is 21.3 Å². The standard InChI is InChI=1S/C31H39N3O4S/c1-5-24(4)32-31(36)28(7-3)33(22-25-16-10-8-11-17-25)30(35)23-34(29-21-15-14-18-26(29)6-2)39(37,38)27-19-12-9-13-20-27/h8-21,24,28H,5-7,22-23H2,1-4H3,(H,32,36)/t24-,28+/m1/s1. The van der Waals surface area contributed by atoms with Crippen molar-refractivity contribution in [3.63, 3.8) is 0 Å². The molecule has 3 aromatic rings. The van der Waals surface area contributed by atoms with Gasteiger partial charge < -0.3 is 10.2 Å². The lowest BCUT2D eigenvalue weighted by Gasteiger charge is -2.34. The number of rotatable bonds is 13. The fraction of sp³-hybridized carbons (Fsp3) is 0.355. The Morgan fingerprint density at radius 3 is 2.00 bits per heavy atom. The minimum Gasteiger partial charge on any atom is -0.352 e. The normalized spacial score (nSPS) is 12.8. The minimum absolute atomic E-state index is 0.0494. The zero-order valence-corrected chi connectivity index (χ0v) is 24.0. The van der Waals surface area contributed by atoms with E-state index < -0.39 is 28.5 Å². The van der Waals surface area contributed by atoms with Crippen LogP contribution in [-0.2, 0) is 32.6 Å². The van der Waals surface area contributed by atoms with Crippen LogP contribution in [0.3, 0.4) is 0 Å². The molecule has 0 saturated heterocycles. The smallest absolute Gasteiger partial charge is 0.264 e. The first-order valence-electron chi connectivity index (χ1n) is 13.5. The molecule has 7 nitrogen and oxygen atoms in total. The molecule has 2 amide bonds. The lowest BCUT2D eigenvalue weighted by molar-refractivity contribution is -0.140. The molecule has 1 N–H and O–H groups in total. The van der Waals surface area contributed by atoms with Crippen molar-refractivity contribution in [3.05, 3.63) is 96.1 Å². The Balaban J connectivity index is 2.07. The fourth-order valence-corrected chi connectivity index (χ4v) is 5.90. The fourth-order valence-electron chi connectivity index (χ4n) is 4.43. The van der Waals surface area contributed by atoms with E-state index in [0.717, 1.165) is 17.5 Å². The molecular formula is C31H39N3O4S. The van der Waals surface area contributed by atoms with Gasteiger partial charge in [-0.3, -0.25) is 13.9 Å². The molecule has 0 aliphatic rings. The molecule has 0 fully saturated rings. The van der Waals surface area contributed by atoms with Crippen LogP contribution in [0.2, 0.25) is 0 Å². The summed E-state index contributed by atoms with van der Waals surface area (Å²) in [6.07, 6.45) is 1.73. The number of carbonyl (C=O) groups excluding carboxylic acids is 2. The molecule has 0 unspecified atom stereocenters. The number of nitrogens with one attached hydrogen (secondary N) is 1. The second kappa shape index (κ2) is 13.9. The molecule has 0 spiro atoms. The number of nitrogens with zero attached hydrogens (tertiary/aromatic N) is 2. The topological polar surface area (TPSA) is 86.8 Å². The number of hydrogen-bond acceptors (Lipinski definition) is 4. The average molecular weight is 550 g/mol. The Morgan fingerprint density at radius 1 is 0.821 bits per heavy atom. The molecule has 3 rings (SSSR count). The van der Waals surface area contributed by atoms with Crippen LogP contribution >= 0.6 is 0 Å². The highest BCUT2D eigenvalue weighted by atomic mass is 32.2. The molecule has 0 bridgehead atoms. The van der Waals surface area contributed by atoms with Crippen molar-refractivity contribution in [2.24, 2.45) is 0 Å². The van der Waals surface area contributed by atoms with Gasteiger partial charge in [0.15, 0.2) is 0 Å². The van der Waals surface area contributed by atoms with Crippen LogP contribution in [0.5, 0.6) is 0 Å². The van der Waals surface area contributed by atoms with E-state index in [1.54, 1.807) is 30.3 Å². The molecule has 0 radical (unpaired) electrons. The lowest BCUT2D eigenvalue weighted by Crippen LogP contribution is -2.53. The first kappa shape index (κ1) is 29.9. The van der Waals surface area contributed by atoms with Crippen LogP contribution < -0.4 is 9.62 Å². The molecule has 0 aliphatic carbocycles. The molecule has 208 valence electrons. The summed E-state index contributed by atoms with van der Waals surface area (Å²) in [7, 11) is -4.08. The summed E-state index contributed by atoms with van der Waals surface area (Å²) in [6.45, 7) is 7.45. The number of hydrogen-bond donors (Lipinski definition) is 1. The van der Waals surface area contributed by atoms with E-state index in [-0.39, 0.29) is 23.4 Å². The van der Waals surface area contributed by atoms with Crippen molar-refractivity contribution < 1.29 is 18.0 Å². The Morgan fingerprint density at radius 2 is 1.41 bits per heavy atom. The van der Waals surface area contributed by atoms with Crippen molar-refractivity contribution in [2.75, 3.05) is 10.8 Å². The van der Waals surface area contributed by atoms with Gasteiger partial charge in [-0.25, -0.2) is 8.42 Å². The van der Waals surface area contributed by atoms with Gasteiger partial charge >= 0.3 is 0 Å². The van der Waals surface area contributed by atoms with Crippen molar-refractivity contribution in [1.82, 2.24) is 10.2 Å². The van der Waals surface area contributed by atoms with Crippen LogP contribution in [0.25, 0.3) is 0 Å². The number of para-hydroxylation sites is 1. The van der Waals surface area contributed by atoms with E-state index in [4.69, 9.17) is 0 Å². The van der Waals surface area contributed by atoms with Crippen LogP contribution in [0.4, 0.5) is 5.69 Å². The maximum Gasteiger partial charge on any atom is 0.264 e. The van der Waals surface area contributed by atoms with Gasteiger partial charge in [0.05, 0.1) is 10.6 Å². The number of aryl methyl sites for hydroxylation is 1. The van der Waals surface area contributed by atoms with E-state index in [9.17, 15) is 18.0 Å². The van der Waals surface area contributed by atoms with Gasteiger partial charge in [0, 0.05) is 12.6 Å². The van der Waals surface area contributed by atoms with Crippen molar-refractivity contribution in [1.29, 1.82) is 0 Å². The number of amides is 2. The largest absolute Gasteiger partial charge is 0.352 e. The van der Waals surface area contributed by atoms with Crippen molar-refractivity contribution >= 4 is 27.5 Å². The van der Waals surface area contributed by atoms with Gasteiger partial charge in [-0.15, -0.1) is 0 Å². The van der Waals surface area contributed by atoms with E-state index in [2.05, 4.69) is 5.32 Å². The quantitative estimate of drug-likeness (QED) is 0.319. The molecule has 2 atom stereocenters. The van der Waals surface area contributed by atoms with Crippen LogP contribution in [0.15, 0.2) is 89.8 Å². The molecule has 39 heavy (non-hydrogen) atoms. The molecule has 0 heterocycles. The maximum atomic E-state index is 14.1. The van der Waals surface area contributed by atoms with E-state index >= 15 is 0 Å². The van der Waals surface area contributed by atoms with Gasteiger partial charge in [-0.2, -0.15) is 0 Å². The Hall–Kier alpha value is -3.65. The SMILES string of the molecule is CCc1ccccc1N(CC(=O)N(Cc1ccccc1)[C@@H](CC)C(=O)N[C@H](C)CC)S(=O)(=O)c1ccccc1. The number of benzene rings is 3. The Bertz CT molecular complexity index is 1330. The van der Waals surface area contributed by atoms with Gasteiger partial charge in [-0.1, -0.05) is 87.5 Å². The summed E-state index contributed by atoms with van der Waals surface area (Å²) in [6, 6.07) is 23.9. The van der Waals surface area contributed by atoms with Gasteiger partial charge in [-0.05, 0) is 55.5 Å². The minimum atomic E-state index is -4.08. The third-order valence-electron chi connectivity index (χ3n) is 6.83. The number of sulfonamides is 1. The molecule has 3 aromatic carbocycles. The van der Waals surface area contributed by atoms with E-state index in [0.29, 0.717) is 18.5 Å². The van der Waals surface area contributed by atoms with Crippen LogP contribution in [0.1, 0.15) is 51.7 Å². The highest BCUT2D eigenvalue weighted by Gasteiger charge is 2.34. The molecule has 0 saturated carbocycles. The third-order valence-corrected chi connectivity index (χ3v) is 8.61.